The number of hydrogen-bond donors (Lipinski definition) is 4. The van der Waals surface area contributed by atoms with Gasteiger partial charge in [-0.15, -0.1) is 0 Å². The zero-order valence-electron chi connectivity index (χ0n) is 13.1. The van der Waals surface area contributed by atoms with Gasteiger partial charge in [-0.1, -0.05) is 12.1 Å². The van der Waals surface area contributed by atoms with Crippen LogP contribution in [0.5, 0.6) is 0 Å². The summed E-state index contributed by atoms with van der Waals surface area (Å²) < 4.78 is 0. The first-order chi connectivity index (χ1) is 11.4. The topological polar surface area (TPSA) is 137 Å². The summed E-state index contributed by atoms with van der Waals surface area (Å²) >= 11 is 0. The van der Waals surface area contributed by atoms with Gasteiger partial charge in [-0.05, 0) is 18.6 Å². The predicted octanol–water partition coefficient (Wildman–Crippen LogP) is 0.0237. The van der Waals surface area contributed by atoms with Crippen molar-refractivity contribution in [2.75, 3.05) is 19.6 Å². The SMILES string of the molecule is N=C(N)c1ccc(C(=O)N2CCC(C(=O)NCCC(=O)O)C2)cc1. The van der Waals surface area contributed by atoms with Crippen LogP contribution in [0.25, 0.3) is 0 Å². The number of nitrogens with two attached hydrogens (primary N) is 1. The molecule has 0 aromatic heterocycles. The van der Waals surface area contributed by atoms with Gasteiger partial charge in [0.05, 0.1) is 12.3 Å². The van der Waals surface area contributed by atoms with Gasteiger partial charge in [-0.25, -0.2) is 0 Å². The molecule has 8 nitrogen and oxygen atoms in total. The number of amidine groups is 1. The quantitative estimate of drug-likeness (QED) is 0.430. The van der Waals surface area contributed by atoms with Gasteiger partial charge < -0.3 is 21.1 Å². The molecule has 1 unspecified atom stereocenters. The van der Waals surface area contributed by atoms with E-state index in [0.29, 0.717) is 30.6 Å². The lowest BCUT2D eigenvalue weighted by atomic mass is 10.1. The number of carbonyl (C=O) groups excluding carboxylic acids is 2. The molecule has 0 radical (unpaired) electrons. The molecule has 1 aliphatic rings. The summed E-state index contributed by atoms with van der Waals surface area (Å²) in [5.41, 5.74) is 6.40. The van der Waals surface area contributed by atoms with Crippen molar-refractivity contribution in [3.8, 4) is 0 Å². The Morgan fingerprint density at radius 1 is 1.25 bits per heavy atom. The number of carboxylic acid groups (broad SMARTS) is 1. The maximum atomic E-state index is 12.4. The normalized spacial score (nSPS) is 16.7. The first kappa shape index (κ1) is 17.5. The van der Waals surface area contributed by atoms with E-state index < -0.39 is 5.97 Å². The monoisotopic (exact) mass is 332 g/mol. The molecule has 0 spiro atoms. The summed E-state index contributed by atoms with van der Waals surface area (Å²) in [7, 11) is 0. The number of amides is 2. The molecular weight excluding hydrogens is 312 g/mol. The molecule has 24 heavy (non-hydrogen) atoms. The molecule has 2 amide bonds. The van der Waals surface area contributed by atoms with Gasteiger partial charge in [-0.2, -0.15) is 0 Å². The number of carboxylic acids is 1. The average Bonchev–Trinajstić information content (AvgIpc) is 3.04. The van der Waals surface area contributed by atoms with Crippen molar-refractivity contribution in [1.29, 1.82) is 5.41 Å². The summed E-state index contributed by atoms with van der Waals surface area (Å²) in [4.78, 5) is 36.4. The number of benzene rings is 1. The number of hydrogen-bond acceptors (Lipinski definition) is 4. The largest absolute Gasteiger partial charge is 0.481 e. The number of nitrogens with zero attached hydrogens (tertiary/aromatic N) is 1. The Bertz CT molecular complexity index is 657. The van der Waals surface area contributed by atoms with Crippen molar-refractivity contribution in [3.05, 3.63) is 35.4 Å². The fraction of sp³-hybridized carbons (Fsp3) is 0.375. The lowest BCUT2D eigenvalue weighted by Gasteiger charge is -2.16. The summed E-state index contributed by atoms with van der Waals surface area (Å²) in [5, 5.41) is 18.5. The third-order valence-corrected chi connectivity index (χ3v) is 3.93. The highest BCUT2D eigenvalue weighted by Crippen LogP contribution is 2.19. The fourth-order valence-electron chi connectivity index (χ4n) is 2.57. The Hall–Kier alpha value is -2.90. The van der Waals surface area contributed by atoms with Crippen LogP contribution in [0.1, 0.15) is 28.8 Å². The molecule has 1 aromatic carbocycles. The van der Waals surface area contributed by atoms with Gasteiger partial charge in [0.2, 0.25) is 5.91 Å². The molecule has 1 heterocycles. The summed E-state index contributed by atoms with van der Waals surface area (Å²) in [6.07, 6.45) is 0.430. The Balaban J connectivity index is 1.90. The van der Waals surface area contributed by atoms with Crippen molar-refractivity contribution < 1.29 is 19.5 Å². The lowest BCUT2D eigenvalue weighted by molar-refractivity contribution is -0.137. The second kappa shape index (κ2) is 7.58. The van der Waals surface area contributed by atoms with E-state index in [1.54, 1.807) is 29.2 Å². The van der Waals surface area contributed by atoms with Crippen LogP contribution in [-0.2, 0) is 9.59 Å². The molecule has 0 bridgehead atoms. The molecule has 128 valence electrons. The average molecular weight is 332 g/mol. The highest BCUT2D eigenvalue weighted by molar-refractivity contribution is 5.98. The zero-order chi connectivity index (χ0) is 17.7. The second-order valence-electron chi connectivity index (χ2n) is 5.66. The Morgan fingerprint density at radius 2 is 1.88 bits per heavy atom. The van der Waals surface area contributed by atoms with Crippen LogP contribution in [0, 0.1) is 11.3 Å². The number of rotatable bonds is 6. The van der Waals surface area contributed by atoms with Crippen molar-refractivity contribution in [2.45, 2.75) is 12.8 Å². The maximum Gasteiger partial charge on any atom is 0.305 e. The molecule has 5 N–H and O–H groups in total. The van der Waals surface area contributed by atoms with Gasteiger partial charge in [-0.3, -0.25) is 19.8 Å². The Labute approximate surface area is 139 Å². The Kier molecular flexibility index (Phi) is 5.51. The van der Waals surface area contributed by atoms with Crippen molar-refractivity contribution in [3.63, 3.8) is 0 Å². The Morgan fingerprint density at radius 3 is 2.46 bits per heavy atom. The fourth-order valence-corrected chi connectivity index (χ4v) is 2.57. The van der Waals surface area contributed by atoms with Gasteiger partial charge in [0.25, 0.3) is 5.91 Å². The summed E-state index contributed by atoms with van der Waals surface area (Å²) in [6, 6.07) is 6.45. The van der Waals surface area contributed by atoms with Crippen LogP contribution >= 0.6 is 0 Å². The summed E-state index contributed by atoms with van der Waals surface area (Å²) in [6.45, 7) is 0.877. The lowest BCUT2D eigenvalue weighted by Crippen LogP contribution is -2.35. The molecule has 2 rings (SSSR count). The number of likely N-dealkylation sites (tertiary alicyclic amines) is 1. The predicted molar refractivity (Wildman–Crippen MR) is 86.7 cm³/mol. The maximum absolute atomic E-state index is 12.4. The van der Waals surface area contributed by atoms with Crippen LogP contribution in [0.4, 0.5) is 0 Å². The minimum Gasteiger partial charge on any atom is -0.481 e. The van der Waals surface area contributed by atoms with Gasteiger partial charge in [0, 0.05) is 30.8 Å². The van der Waals surface area contributed by atoms with Crippen molar-refractivity contribution in [2.24, 2.45) is 11.7 Å². The minimum atomic E-state index is -0.965. The van der Waals surface area contributed by atoms with Crippen LogP contribution < -0.4 is 11.1 Å². The highest BCUT2D eigenvalue weighted by Gasteiger charge is 2.31. The smallest absolute Gasteiger partial charge is 0.305 e. The third-order valence-electron chi connectivity index (χ3n) is 3.93. The van der Waals surface area contributed by atoms with Gasteiger partial charge in [0.15, 0.2) is 0 Å². The molecule has 0 saturated carbocycles. The van der Waals surface area contributed by atoms with E-state index in [-0.39, 0.29) is 36.5 Å². The molecule has 1 saturated heterocycles. The molecule has 1 fully saturated rings. The summed E-state index contributed by atoms with van der Waals surface area (Å²) in [5.74, 6) is -1.75. The van der Waals surface area contributed by atoms with Crippen LogP contribution in [0.2, 0.25) is 0 Å². The molecule has 1 atom stereocenters. The number of carbonyl (C=O) groups is 3. The van der Waals surface area contributed by atoms with E-state index in [1.807, 2.05) is 0 Å². The van der Waals surface area contributed by atoms with Crippen molar-refractivity contribution in [1.82, 2.24) is 10.2 Å². The van der Waals surface area contributed by atoms with E-state index >= 15 is 0 Å². The zero-order valence-corrected chi connectivity index (χ0v) is 13.1. The standard InChI is InChI=1S/C16H20N4O4/c17-14(18)10-1-3-11(4-2-10)16(24)20-8-6-12(9-20)15(23)19-7-5-13(21)22/h1-4,12H,5-9H2,(H3,17,18)(H,19,23)(H,21,22). The van der Waals surface area contributed by atoms with Crippen LogP contribution in [-0.4, -0.2) is 53.3 Å². The first-order valence-corrected chi connectivity index (χ1v) is 7.61. The van der Waals surface area contributed by atoms with Crippen molar-refractivity contribution >= 4 is 23.6 Å². The highest BCUT2D eigenvalue weighted by atomic mass is 16.4. The van der Waals surface area contributed by atoms with E-state index in [9.17, 15) is 14.4 Å². The molecule has 8 heteroatoms. The minimum absolute atomic E-state index is 0.0618. The van der Waals surface area contributed by atoms with E-state index in [4.69, 9.17) is 16.2 Å². The number of aliphatic carboxylic acids is 1. The number of nitrogens with one attached hydrogen (secondary N) is 2. The molecular formula is C16H20N4O4. The van der Waals surface area contributed by atoms with E-state index in [1.165, 1.54) is 0 Å². The number of nitrogen functional groups attached to an aromatic ring is 1. The molecule has 1 aliphatic heterocycles. The van der Waals surface area contributed by atoms with Crippen LogP contribution in [0.15, 0.2) is 24.3 Å². The van der Waals surface area contributed by atoms with Gasteiger partial charge in [0.1, 0.15) is 5.84 Å². The van der Waals surface area contributed by atoms with Gasteiger partial charge >= 0.3 is 5.97 Å². The van der Waals surface area contributed by atoms with Crippen LogP contribution in [0.3, 0.4) is 0 Å². The van der Waals surface area contributed by atoms with E-state index in [2.05, 4.69) is 5.32 Å². The van der Waals surface area contributed by atoms with E-state index in [0.717, 1.165) is 0 Å². The second-order valence-corrected chi connectivity index (χ2v) is 5.66. The third kappa shape index (κ3) is 4.31. The first-order valence-electron chi connectivity index (χ1n) is 7.61. The molecule has 1 aromatic rings. The molecule has 0 aliphatic carbocycles.